The number of anilines is 2. The van der Waals surface area contributed by atoms with Crippen LogP contribution in [-0.2, 0) is 25.0 Å². The van der Waals surface area contributed by atoms with Gasteiger partial charge in [0.05, 0.1) is 19.9 Å². The maximum absolute atomic E-state index is 15.0. The number of methoxy groups -OCH3 is 2. The van der Waals surface area contributed by atoms with Crippen molar-refractivity contribution in [2.24, 2.45) is 0 Å². The van der Waals surface area contributed by atoms with Crippen molar-refractivity contribution in [2.45, 2.75) is 23.1 Å². The van der Waals surface area contributed by atoms with Gasteiger partial charge >= 0.3 is 6.36 Å². The molecular formula is C34H31Cl2F3N4O7S. The molecule has 3 heterocycles. The molecule has 1 saturated heterocycles. The maximum atomic E-state index is 15.0. The van der Waals surface area contributed by atoms with E-state index in [1.54, 1.807) is 35.5 Å². The molecule has 6 rings (SSSR count). The second-order valence-electron chi connectivity index (χ2n) is 11.5. The molecule has 2 aliphatic rings. The van der Waals surface area contributed by atoms with Crippen LogP contribution < -0.4 is 23.4 Å². The minimum atomic E-state index is -5.29. The largest absolute Gasteiger partial charge is 0.573 e. The van der Waals surface area contributed by atoms with Gasteiger partial charge in [0.1, 0.15) is 21.8 Å². The molecule has 2 amide bonds. The van der Waals surface area contributed by atoms with Gasteiger partial charge in [0, 0.05) is 67.3 Å². The van der Waals surface area contributed by atoms with E-state index in [1.165, 1.54) is 38.5 Å². The molecule has 1 aromatic heterocycles. The number of pyridine rings is 1. The summed E-state index contributed by atoms with van der Waals surface area (Å²) in [4.78, 5) is 36.1. The van der Waals surface area contributed by atoms with Crippen molar-refractivity contribution in [3.05, 3.63) is 101 Å². The van der Waals surface area contributed by atoms with E-state index in [-0.39, 0.29) is 45.7 Å². The van der Waals surface area contributed by atoms with Crippen LogP contribution in [0, 0.1) is 0 Å². The van der Waals surface area contributed by atoms with Crippen molar-refractivity contribution in [1.82, 2.24) is 9.88 Å². The molecule has 2 aliphatic heterocycles. The zero-order chi connectivity index (χ0) is 35.8. The summed E-state index contributed by atoms with van der Waals surface area (Å²) in [6.07, 6.45) is -2.49. The van der Waals surface area contributed by atoms with Gasteiger partial charge in [-0.3, -0.25) is 14.6 Å². The third kappa shape index (κ3) is 6.97. The van der Waals surface area contributed by atoms with Crippen LogP contribution in [-0.4, -0.2) is 76.9 Å². The van der Waals surface area contributed by atoms with Gasteiger partial charge in [0.2, 0.25) is 5.91 Å². The van der Waals surface area contributed by atoms with E-state index in [1.807, 2.05) is 12.1 Å². The molecular weight excluding hydrogens is 736 g/mol. The third-order valence-electron chi connectivity index (χ3n) is 8.72. The van der Waals surface area contributed by atoms with E-state index in [0.29, 0.717) is 30.5 Å². The van der Waals surface area contributed by atoms with Crippen LogP contribution in [0.1, 0.15) is 17.5 Å². The van der Waals surface area contributed by atoms with Gasteiger partial charge in [-0.1, -0.05) is 29.8 Å². The van der Waals surface area contributed by atoms with Gasteiger partial charge in [-0.25, -0.2) is 12.7 Å². The molecule has 4 aromatic rings. The van der Waals surface area contributed by atoms with Crippen molar-refractivity contribution in [2.75, 3.05) is 49.6 Å². The molecule has 3 aromatic carbocycles. The molecule has 51 heavy (non-hydrogen) atoms. The van der Waals surface area contributed by atoms with Gasteiger partial charge in [0.15, 0.2) is 5.75 Å². The average Bonchev–Trinajstić information content (AvgIpc) is 3.35. The molecule has 0 radical (unpaired) electrons. The van der Waals surface area contributed by atoms with E-state index >= 15 is 4.79 Å². The van der Waals surface area contributed by atoms with Gasteiger partial charge < -0.3 is 24.0 Å². The number of halogens is 5. The Morgan fingerprint density at radius 3 is 2.24 bits per heavy atom. The predicted octanol–water partition coefficient (Wildman–Crippen LogP) is 5.83. The lowest BCUT2D eigenvalue weighted by Gasteiger charge is -2.38. The Balaban J connectivity index is 0.00000504. The molecule has 1 unspecified atom stereocenters. The monoisotopic (exact) mass is 766 g/mol. The number of amides is 2. The first-order chi connectivity index (χ1) is 23.8. The normalized spacial score (nSPS) is 17.5. The highest BCUT2D eigenvalue weighted by molar-refractivity contribution is 7.93. The van der Waals surface area contributed by atoms with Crippen molar-refractivity contribution < 1.29 is 45.4 Å². The molecule has 17 heteroatoms. The summed E-state index contributed by atoms with van der Waals surface area (Å²) in [5.41, 5.74) is -1.08. The summed E-state index contributed by atoms with van der Waals surface area (Å²) in [5, 5.41) is 0.124. The number of piperazine rings is 1. The lowest BCUT2D eigenvalue weighted by Crippen LogP contribution is -2.52. The van der Waals surface area contributed by atoms with Crippen molar-refractivity contribution >= 4 is 57.2 Å². The quantitative estimate of drug-likeness (QED) is 0.207. The summed E-state index contributed by atoms with van der Waals surface area (Å²) in [7, 11) is -2.61. The van der Waals surface area contributed by atoms with Gasteiger partial charge in [0.25, 0.3) is 15.9 Å². The molecule has 1 atom stereocenters. The van der Waals surface area contributed by atoms with E-state index < -0.39 is 50.7 Å². The van der Waals surface area contributed by atoms with Crippen LogP contribution in [0.3, 0.4) is 0 Å². The number of alkyl halides is 3. The molecule has 0 aliphatic carbocycles. The Hall–Kier alpha value is -4.73. The third-order valence-corrected chi connectivity index (χ3v) is 10.7. The van der Waals surface area contributed by atoms with Crippen molar-refractivity contribution in [3.63, 3.8) is 0 Å². The second-order valence-corrected chi connectivity index (χ2v) is 13.6. The van der Waals surface area contributed by atoms with E-state index in [0.717, 1.165) is 23.9 Å². The van der Waals surface area contributed by atoms with Gasteiger partial charge in [-0.15, -0.1) is 25.6 Å². The number of benzene rings is 3. The van der Waals surface area contributed by atoms with Crippen LogP contribution in [0.5, 0.6) is 17.2 Å². The minimum absolute atomic E-state index is 0. The number of carbonyl (C=O) groups excluding carboxylic acids is 2. The molecule has 0 bridgehead atoms. The molecule has 270 valence electrons. The highest BCUT2D eigenvalue weighted by Crippen LogP contribution is 2.54. The number of aromatic nitrogens is 1. The zero-order valence-corrected chi connectivity index (χ0v) is 29.5. The molecule has 1 fully saturated rings. The van der Waals surface area contributed by atoms with Crippen LogP contribution in [0.15, 0.2) is 90.1 Å². The van der Waals surface area contributed by atoms with Crippen LogP contribution in [0.25, 0.3) is 0 Å². The Labute approximate surface area is 302 Å². The average molecular weight is 768 g/mol. The summed E-state index contributed by atoms with van der Waals surface area (Å²) in [6.45, 7) is 1.55. The molecule has 11 nitrogen and oxygen atoms in total. The Morgan fingerprint density at radius 1 is 0.902 bits per heavy atom. The number of hydrogen-bond donors (Lipinski definition) is 0. The molecule has 0 spiro atoms. The summed E-state index contributed by atoms with van der Waals surface area (Å²) in [5.74, 6) is -2.64. The van der Waals surface area contributed by atoms with Crippen LogP contribution >= 0.6 is 24.0 Å². The minimum Gasteiger partial charge on any atom is -0.497 e. The number of nitrogens with zero attached hydrogens (tertiary/aromatic N) is 4. The van der Waals surface area contributed by atoms with Crippen molar-refractivity contribution in [3.8, 4) is 17.2 Å². The van der Waals surface area contributed by atoms with Gasteiger partial charge in [-0.05, 0) is 54.1 Å². The highest BCUT2D eigenvalue weighted by Gasteiger charge is 2.59. The first-order valence-corrected chi connectivity index (χ1v) is 17.0. The maximum Gasteiger partial charge on any atom is 0.573 e. The Morgan fingerprint density at radius 2 is 1.59 bits per heavy atom. The number of rotatable bonds is 9. The summed E-state index contributed by atoms with van der Waals surface area (Å²) in [6, 6.07) is 16.8. The van der Waals surface area contributed by atoms with E-state index in [9.17, 15) is 26.4 Å². The fourth-order valence-electron chi connectivity index (χ4n) is 6.43. The first kappa shape index (κ1) is 37.5. The highest BCUT2D eigenvalue weighted by atomic mass is 35.5. The molecule has 0 saturated carbocycles. The van der Waals surface area contributed by atoms with E-state index in [4.69, 9.17) is 21.1 Å². The van der Waals surface area contributed by atoms with Gasteiger partial charge in [-0.2, -0.15) is 0 Å². The predicted molar refractivity (Wildman–Crippen MR) is 184 cm³/mol. The fraction of sp³-hybridized carbons (Fsp3) is 0.265. The number of para-hydroxylation sites is 1. The van der Waals surface area contributed by atoms with Crippen LogP contribution in [0.2, 0.25) is 5.02 Å². The molecule has 0 N–H and O–H groups in total. The summed E-state index contributed by atoms with van der Waals surface area (Å²) >= 11 is 6.45. The van der Waals surface area contributed by atoms with Crippen molar-refractivity contribution in [1.29, 1.82) is 0 Å². The number of hydrogen-bond acceptors (Lipinski definition) is 9. The number of carbonyl (C=O) groups is 2. The SMILES string of the molecule is COc1ccc(S(=O)(=O)N2C(=O)C(CC(=O)N3CCN(c4ccncc4)CC3)(c3ccccc3OC)c3cc(Cl)ccc32)c(OC(F)(F)F)c1.Cl. The van der Waals surface area contributed by atoms with E-state index in [2.05, 4.69) is 14.6 Å². The summed E-state index contributed by atoms with van der Waals surface area (Å²) < 4.78 is 84.7. The first-order valence-electron chi connectivity index (χ1n) is 15.2. The smallest absolute Gasteiger partial charge is 0.497 e. The number of fused-ring (bicyclic) bond motifs is 1. The second kappa shape index (κ2) is 14.5. The topological polar surface area (TPSA) is 119 Å². The van der Waals surface area contributed by atoms with Crippen LogP contribution in [0.4, 0.5) is 24.5 Å². The lowest BCUT2D eigenvalue weighted by atomic mass is 9.72. The lowest BCUT2D eigenvalue weighted by molar-refractivity contribution is -0.275. The number of sulfonamides is 1. The zero-order valence-electron chi connectivity index (χ0n) is 27.1. The Kier molecular flexibility index (Phi) is 10.7. The number of ether oxygens (including phenoxy) is 3. The fourth-order valence-corrected chi connectivity index (χ4v) is 8.18. The Bertz CT molecular complexity index is 2050. The standard InChI is InChI=1S/C34H30ClF3N4O7S.ClH/c1-47-24-8-10-30(29(20-24)49-34(36,37)38)50(45,46)42-27-9-7-22(35)19-26(27)33(32(42)44,25-5-3-4-6-28(25)48-2)21-31(43)41-17-15-40(16-18-41)23-11-13-39-14-12-23;/h3-14,19-20H,15-18,21H2,1-2H3;1H.